The summed E-state index contributed by atoms with van der Waals surface area (Å²) >= 11 is 5.55. The highest BCUT2D eigenvalue weighted by atomic mass is 35.5. The summed E-state index contributed by atoms with van der Waals surface area (Å²) in [6.07, 6.45) is -4.64. The number of alkyl halides is 3. The molecule has 96 valence electrons. The Balaban J connectivity index is 2.80. The maximum absolute atomic E-state index is 13.2. The van der Waals surface area contributed by atoms with E-state index in [1.54, 1.807) is 0 Å². The Hall–Kier alpha value is -1.60. The molecule has 0 bridgehead atoms. The van der Waals surface area contributed by atoms with E-state index in [2.05, 4.69) is 10.4 Å². The van der Waals surface area contributed by atoms with E-state index >= 15 is 0 Å². The molecule has 18 heavy (non-hydrogen) atoms. The summed E-state index contributed by atoms with van der Waals surface area (Å²) in [5.74, 6) is 4.29. The average Bonchev–Trinajstić information content (AvgIpc) is 2.28. The van der Waals surface area contributed by atoms with Gasteiger partial charge in [-0.05, 0) is 12.1 Å². The van der Waals surface area contributed by atoms with Crippen LogP contribution in [0.25, 0.3) is 10.9 Å². The predicted octanol–water partition coefficient (Wildman–Crippen LogP) is 3.33. The number of aromatic nitrogens is 1. The Kier molecular flexibility index (Phi) is 3.04. The van der Waals surface area contributed by atoms with Gasteiger partial charge in [-0.3, -0.25) is 5.84 Å². The van der Waals surface area contributed by atoms with Gasteiger partial charge in [-0.1, -0.05) is 11.6 Å². The predicted molar refractivity (Wildman–Crippen MR) is 59.5 cm³/mol. The number of anilines is 1. The lowest BCUT2D eigenvalue weighted by atomic mass is 10.1. The second-order valence-electron chi connectivity index (χ2n) is 3.48. The fraction of sp³-hybridized carbons (Fsp3) is 0.100. The first-order valence-electron chi connectivity index (χ1n) is 4.66. The number of benzene rings is 1. The number of halogens is 5. The van der Waals surface area contributed by atoms with Crippen LogP contribution < -0.4 is 11.3 Å². The van der Waals surface area contributed by atoms with Crippen LogP contribution in [0, 0.1) is 5.82 Å². The first-order valence-corrected chi connectivity index (χ1v) is 5.04. The number of nitrogens with two attached hydrogens (primary N) is 1. The van der Waals surface area contributed by atoms with Crippen LogP contribution in [-0.2, 0) is 6.18 Å². The molecule has 2 rings (SSSR count). The number of pyridine rings is 1. The van der Waals surface area contributed by atoms with Gasteiger partial charge in [0.15, 0.2) is 0 Å². The lowest BCUT2D eigenvalue weighted by Crippen LogP contribution is -2.12. The first-order chi connectivity index (χ1) is 8.32. The van der Waals surface area contributed by atoms with Gasteiger partial charge in [0, 0.05) is 11.5 Å². The van der Waals surface area contributed by atoms with Crippen LogP contribution in [0.3, 0.4) is 0 Å². The van der Waals surface area contributed by atoms with Crippen LogP contribution >= 0.6 is 11.6 Å². The van der Waals surface area contributed by atoms with Gasteiger partial charge in [0.1, 0.15) is 11.5 Å². The molecule has 2 aromatic rings. The third kappa shape index (κ3) is 2.19. The number of hydrazine groups is 1. The van der Waals surface area contributed by atoms with E-state index in [0.717, 1.165) is 18.2 Å². The summed E-state index contributed by atoms with van der Waals surface area (Å²) in [4.78, 5) is 3.34. The maximum atomic E-state index is 13.2. The summed E-state index contributed by atoms with van der Waals surface area (Å²) in [6, 6.07) is 2.72. The average molecular weight is 280 g/mol. The molecule has 1 aromatic heterocycles. The molecule has 0 aliphatic rings. The Morgan fingerprint density at radius 3 is 2.44 bits per heavy atom. The van der Waals surface area contributed by atoms with E-state index in [9.17, 15) is 17.6 Å². The molecular formula is C10H6ClF4N3. The molecule has 0 saturated heterocycles. The molecule has 0 amide bonds. The van der Waals surface area contributed by atoms with E-state index < -0.39 is 17.7 Å². The Morgan fingerprint density at radius 1 is 1.22 bits per heavy atom. The summed E-state index contributed by atoms with van der Waals surface area (Å²) in [5, 5.41) is -0.0162. The lowest BCUT2D eigenvalue weighted by molar-refractivity contribution is -0.140. The second kappa shape index (κ2) is 4.25. The number of hydrogen-bond acceptors (Lipinski definition) is 3. The Labute approximate surface area is 104 Å². The van der Waals surface area contributed by atoms with Gasteiger partial charge >= 0.3 is 6.18 Å². The zero-order chi connectivity index (χ0) is 13.5. The second-order valence-corrected chi connectivity index (χ2v) is 3.89. The van der Waals surface area contributed by atoms with Crippen molar-refractivity contribution in [1.82, 2.24) is 4.98 Å². The van der Waals surface area contributed by atoms with Crippen molar-refractivity contribution in [3.05, 3.63) is 34.7 Å². The normalized spacial score (nSPS) is 11.9. The van der Waals surface area contributed by atoms with Crippen LogP contribution in [-0.4, -0.2) is 4.98 Å². The molecule has 0 spiro atoms. The molecule has 0 radical (unpaired) electrons. The highest BCUT2D eigenvalue weighted by Gasteiger charge is 2.33. The van der Waals surface area contributed by atoms with Crippen molar-refractivity contribution in [3.63, 3.8) is 0 Å². The fourth-order valence-corrected chi connectivity index (χ4v) is 1.65. The van der Waals surface area contributed by atoms with Crippen LogP contribution in [0.5, 0.6) is 0 Å². The van der Waals surface area contributed by atoms with Crippen molar-refractivity contribution in [1.29, 1.82) is 0 Å². The number of fused-ring (bicyclic) bond motifs is 1. The van der Waals surface area contributed by atoms with Crippen LogP contribution in [0.15, 0.2) is 18.2 Å². The van der Waals surface area contributed by atoms with Gasteiger partial charge in [0.05, 0.1) is 16.2 Å². The summed E-state index contributed by atoms with van der Waals surface area (Å²) in [5.41, 5.74) is 0.732. The third-order valence-electron chi connectivity index (χ3n) is 2.30. The lowest BCUT2D eigenvalue weighted by Gasteiger charge is -2.11. The minimum atomic E-state index is -4.64. The van der Waals surface area contributed by atoms with E-state index in [1.807, 2.05) is 0 Å². The van der Waals surface area contributed by atoms with Crippen LogP contribution in [0.4, 0.5) is 23.2 Å². The topological polar surface area (TPSA) is 50.9 Å². The largest absolute Gasteiger partial charge is 0.433 e. The van der Waals surface area contributed by atoms with Crippen LogP contribution in [0.2, 0.25) is 5.02 Å². The van der Waals surface area contributed by atoms with Gasteiger partial charge < -0.3 is 5.43 Å². The van der Waals surface area contributed by atoms with Crippen LogP contribution in [0.1, 0.15) is 5.69 Å². The Morgan fingerprint density at radius 2 is 1.89 bits per heavy atom. The van der Waals surface area contributed by atoms with E-state index in [1.165, 1.54) is 0 Å². The molecule has 0 aliphatic heterocycles. The van der Waals surface area contributed by atoms with E-state index in [4.69, 9.17) is 17.4 Å². The van der Waals surface area contributed by atoms with Gasteiger partial charge in [-0.2, -0.15) is 13.2 Å². The highest BCUT2D eigenvalue weighted by Crippen LogP contribution is 2.34. The molecule has 0 saturated carbocycles. The molecular weight excluding hydrogens is 274 g/mol. The standard InChI is InChI=1S/C10H6ClF4N3/c11-5-1-4-7(2-6(5)12)17-9(10(13,14)15)3-8(4)18-16/h1-3H,16H2,(H,17,18). The number of nitrogens with one attached hydrogen (secondary N) is 1. The third-order valence-corrected chi connectivity index (χ3v) is 2.59. The number of nitrogen functional groups attached to an aromatic ring is 1. The Bertz CT molecular complexity index is 612. The SMILES string of the molecule is NNc1cc(C(F)(F)F)nc2cc(F)c(Cl)cc12. The van der Waals surface area contributed by atoms with Gasteiger partial charge in [-0.25, -0.2) is 9.37 Å². The molecule has 1 aromatic carbocycles. The minimum absolute atomic E-state index is 0.0331. The van der Waals surface area contributed by atoms with Crippen molar-refractivity contribution in [2.75, 3.05) is 5.43 Å². The van der Waals surface area contributed by atoms with E-state index in [-0.39, 0.29) is 21.6 Å². The number of rotatable bonds is 1. The zero-order valence-corrected chi connectivity index (χ0v) is 9.40. The molecule has 0 aliphatic carbocycles. The summed E-state index contributed by atoms with van der Waals surface area (Å²) in [6.45, 7) is 0. The fourth-order valence-electron chi connectivity index (χ4n) is 1.49. The molecule has 0 unspecified atom stereocenters. The highest BCUT2D eigenvalue weighted by molar-refractivity contribution is 6.31. The van der Waals surface area contributed by atoms with Crippen molar-refractivity contribution in [2.45, 2.75) is 6.18 Å². The van der Waals surface area contributed by atoms with E-state index in [0.29, 0.717) is 0 Å². The number of hydrogen-bond donors (Lipinski definition) is 2. The van der Waals surface area contributed by atoms with Crippen molar-refractivity contribution >= 4 is 28.2 Å². The minimum Gasteiger partial charge on any atom is -0.323 e. The quantitative estimate of drug-likeness (QED) is 0.478. The first kappa shape index (κ1) is 12.8. The summed E-state index contributed by atoms with van der Waals surface area (Å²) < 4.78 is 50.9. The molecule has 0 atom stereocenters. The smallest absolute Gasteiger partial charge is 0.323 e. The molecule has 3 N–H and O–H groups in total. The molecule has 3 nitrogen and oxygen atoms in total. The monoisotopic (exact) mass is 279 g/mol. The number of nitrogens with zero attached hydrogens (tertiary/aromatic N) is 1. The molecule has 1 heterocycles. The van der Waals surface area contributed by atoms with Crippen molar-refractivity contribution in [2.24, 2.45) is 5.84 Å². The van der Waals surface area contributed by atoms with Gasteiger partial charge in [-0.15, -0.1) is 0 Å². The van der Waals surface area contributed by atoms with Gasteiger partial charge in [0.25, 0.3) is 0 Å². The molecule has 8 heteroatoms. The maximum Gasteiger partial charge on any atom is 0.433 e. The zero-order valence-electron chi connectivity index (χ0n) is 8.65. The summed E-state index contributed by atoms with van der Waals surface area (Å²) in [7, 11) is 0. The van der Waals surface area contributed by atoms with Crippen molar-refractivity contribution < 1.29 is 17.6 Å². The molecule has 0 fully saturated rings. The van der Waals surface area contributed by atoms with Gasteiger partial charge in [0.2, 0.25) is 0 Å². The van der Waals surface area contributed by atoms with Crippen molar-refractivity contribution in [3.8, 4) is 0 Å².